The van der Waals surface area contributed by atoms with Gasteiger partial charge >= 0.3 is 0 Å². The maximum Gasteiger partial charge on any atom is 0.272 e. The van der Waals surface area contributed by atoms with Crippen LogP contribution in [0.25, 0.3) is 0 Å². The second-order valence-electron chi connectivity index (χ2n) is 4.02. The Morgan fingerprint density at radius 3 is 1.75 bits per heavy atom. The smallest absolute Gasteiger partial charge is 0.272 e. The van der Waals surface area contributed by atoms with Crippen LogP contribution in [-0.4, -0.2) is 18.3 Å². The molecule has 0 aromatic carbocycles. The molecule has 0 aromatic heterocycles. The average Bonchev–Trinajstić information content (AvgIpc) is 2.12. The van der Waals surface area contributed by atoms with Crippen LogP contribution in [0.4, 0.5) is 0 Å². The molecule has 0 saturated heterocycles. The van der Waals surface area contributed by atoms with E-state index in [9.17, 15) is 23.8 Å². The fourth-order valence-electron chi connectivity index (χ4n) is 0.624. The highest BCUT2D eigenvalue weighted by Crippen LogP contribution is 2.50. The van der Waals surface area contributed by atoms with Crippen molar-refractivity contribution in [2.75, 3.05) is 13.2 Å². The van der Waals surface area contributed by atoms with Gasteiger partial charge in [0.05, 0.1) is 21.0 Å². The molecule has 0 bridgehead atoms. The Kier molecular flexibility index (Phi) is 11.5. The molecule has 0 amide bonds. The van der Waals surface area contributed by atoms with Gasteiger partial charge in [0.1, 0.15) is 0 Å². The molecule has 0 saturated carbocycles. The molecule has 0 rings (SSSR count). The highest BCUT2D eigenvalue weighted by atomic mass is 31.3. The lowest BCUT2D eigenvalue weighted by Crippen LogP contribution is -2.19. The van der Waals surface area contributed by atoms with Crippen LogP contribution in [0.3, 0.4) is 0 Å². The molecule has 10 heteroatoms. The summed E-state index contributed by atoms with van der Waals surface area (Å²) in [6.45, 7) is 7.08. The summed E-state index contributed by atoms with van der Waals surface area (Å²) in [5, 5.41) is 8.16. The molecule has 0 spiro atoms. The number of hydrogen-bond acceptors (Lipinski definition) is 8. The van der Waals surface area contributed by atoms with Crippen LogP contribution >= 0.6 is 15.6 Å². The zero-order chi connectivity index (χ0) is 16.4. The minimum Gasteiger partial charge on any atom is -0.790 e. The first-order chi connectivity index (χ1) is 8.89. The van der Waals surface area contributed by atoms with E-state index in [0.29, 0.717) is 0 Å². The van der Waals surface area contributed by atoms with E-state index in [4.69, 9.17) is 5.11 Å². The predicted molar refractivity (Wildman–Crippen MR) is 68.2 cm³/mol. The minimum absolute atomic E-state index is 0.169. The molecule has 1 N–H and O–H groups in total. The van der Waals surface area contributed by atoms with Crippen molar-refractivity contribution in [3.8, 4) is 0 Å². The monoisotopic (exact) mass is 329 g/mol. The average molecular weight is 329 g/mol. The molecule has 120 valence electrons. The molecule has 0 radical (unpaired) electrons. The van der Waals surface area contributed by atoms with Crippen LogP contribution in [0.15, 0.2) is 23.3 Å². The lowest BCUT2D eigenvalue weighted by atomic mass is 10.3. The molecule has 1 unspecified atom stereocenters. The molecule has 8 nitrogen and oxygen atoms in total. The second-order valence-corrected chi connectivity index (χ2v) is 6.72. The summed E-state index contributed by atoms with van der Waals surface area (Å²) in [5.41, 5.74) is 1.94. The van der Waals surface area contributed by atoms with Crippen molar-refractivity contribution in [2.24, 2.45) is 0 Å². The molecule has 0 heterocycles. The summed E-state index contributed by atoms with van der Waals surface area (Å²) in [6.07, 6.45) is 3.15. The topological polar surface area (TPSA) is 142 Å². The third kappa shape index (κ3) is 20.0. The van der Waals surface area contributed by atoms with Crippen LogP contribution in [-0.2, 0) is 18.0 Å². The fourth-order valence-corrected chi connectivity index (χ4v) is 2.05. The summed E-state index contributed by atoms with van der Waals surface area (Å²) in [7, 11) is -10.6. The lowest BCUT2D eigenvalue weighted by Gasteiger charge is -2.34. The Hall–Kier alpha value is -0.300. The highest BCUT2D eigenvalue weighted by molar-refractivity contribution is 7.58. The van der Waals surface area contributed by atoms with Crippen molar-refractivity contribution in [1.29, 1.82) is 0 Å². The summed E-state index contributed by atoms with van der Waals surface area (Å²) >= 11 is 0. The molecule has 0 aliphatic heterocycles. The molecule has 20 heavy (non-hydrogen) atoms. The molecule has 1 atom stereocenters. The Bertz CT molecular complexity index is 415. The molecule has 0 fully saturated rings. The van der Waals surface area contributed by atoms with Crippen LogP contribution in [0.1, 0.15) is 27.7 Å². The highest BCUT2D eigenvalue weighted by Gasteiger charge is 2.10. The largest absolute Gasteiger partial charge is 0.790 e. The number of aliphatic hydroxyl groups is 1. The van der Waals surface area contributed by atoms with Crippen LogP contribution in [0.5, 0.6) is 0 Å². The van der Waals surface area contributed by atoms with Gasteiger partial charge < -0.3 is 28.9 Å². The zero-order valence-corrected chi connectivity index (χ0v) is 13.6. The van der Waals surface area contributed by atoms with Gasteiger partial charge in [0.2, 0.25) is 0 Å². The van der Waals surface area contributed by atoms with Crippen LogP contribution < -0.4 is 14.7 Å². The van der Waals surface area contributed by atoms with Gasteiger partial charge in [0.25, 0.3) is 7.82 Å². The van der Waals surface area contributed by atoms with Gasteiger partial charge in [0, 0.05) is 0 Å². The van der Waals surface area contributed by atoms with Crippen LogP contribution in [0.2, 0.25) is 0 Å². The minimum atomic E-state index is -5.57. The second kappa shape index (κ2) is 10.4. The van der Waals surface area contributed by atoms with Gasteiger partial charge in [-0.05, 0) is 27.7 Å². The zero-order valence-electron chi connectivity index (χ0n) is 11.8. The van der Waals surface area contributed by atoms with Crippen molar-refractivity contribution < 1.29 is 37.8 Å². The van der Waals surface area contributed by atoms with Crippen molar-refractivity contribution in [1.82, 2.24) is 0 Å². The van der Waals surface area contributed by atoms with E-state index in [-0.39, 0.29) is 13.2 Å². The fraction of sp³-hybridized carbons (Fsp3) is 0.600. The van der Waals surface area contributed by atoms with E-state index < -0.39 is 15.6 Å². The Morgan fingerprint density at radius 2 is 1.50 bits per heavy atom. The van der Waals surface area contributed by atoms with Crippen LogP contribution in [0, 0.1) is 0 Å². The Morgan fingerprint density at radius 1 is 1.05 bits per heavy atom. The maximum atomic E-state index is 10.6. The van der Waals surface area contributed by atoms with Gasteiger partial charge in [0.15, 0.2) is 0 Å². The quantitative estimate of drug-likeness (QED) is 0.539. The predicted octanol–water partition coefficient (Wildman–Crippen LogP) is 0.228. The Balaban J connectivity index is 0. The summed E-state index contributed by atoms with van der Waals surface area (Å²) < 4.78 is 27.8. The number of allylic oxidation sites excluding steroid dienone is 2. The van der Waals surface area contributed by atoms with Crippen molar-refractivity contribution in [2.45, 2.75) is 27.7 Å². The standard InChI is InChI=1S/C5H12O7P2.C5H10O/c1-5(2)3-4-11-14(9,10)12-13(6,7)8;1-5(2)3-4-6/h3H,4H2,1-2H3,(H,9,10)(H2,6,7,8);3,6H,4H2,1-2H3/p-3. The van der Waals surface area contributed by atoms with Gasteiger partial charge in [-0.3, -0.25) is 8.88 Å². The Labute approximate surface area is 118 Å². The van der Waals surface area contributed by atoms with E-state index in [1.54, 1.807) is 19.9 Å². The van der Waals surface area contributed by atoms with Gasteiger partial charge in [-0.1, -0.05) is 23.3 Å². The first-order valence-corrected chi connectivity index (χ1v) is 8.38. The van der Waals surface area contributed by atoms with E-state index >= 15 is 0 Å². The maximum absolute atomic E-state index is 10.6. The normalized spacial score (nSPS) is 13.6. The number of phosphoric ester groups is 1. The lowest BCUT2D eigenvalue weighted by molar-refractivity contribution is -0.339. The van der Waals surface area contributed by atoms with Crippen molar-refractivity contribution in [3.05, 3.63) is 23.3 Å². The number of phosphoric acid groups is 2. The number of rotatable bonds is 6. The number of hydrogen-bond donors (Lipinski definition) is 1. The van der Waals surface area contributed by atoms with Gasteiger partial charge in [-0.2, -0.15) is 0 Å². The van der Waals surface area contributed by atoms with E-state index in [0.717, 1.165) is 11.1 Å². The van der Waals surface area contributed by atoms with Gasteiger partial charge in [-0.25, -0.2) is 0 Å². The van der Waals surface area contributed by atoms with Gasteiger partial charge in [-0.15, -0.1) is 0 Å². The summed E-state index contributed by atoms with van der Waals surface area (Å²) in [5.74, 6) is 0. The van der Waals surface area contributed by atoms with Crippen molar-refractivity contribution >= 4 is 15.6 Å². The van der Waals surface area contributed by atoms with Crippen molar-refractivity contribution in [3.63, 3.8) is 0 Å². The summed E-state index contributed by atoms with van der Waals surface area (Å²) in [4.78, 5) is 30.5. The first kappa shape index (κ1) is 22.0. The molecule has 0 aliphatic carbocycles. The molecule has 0 aliphatic rings. The third-order valence-corrected chi connectivity index (χ3v) is 3.49. The SMILES string of the molecule is CC(C)=CCO.CC(C)=CCOP(=O)([O-])OP(=O)([O-])[O-]. The molecular formula is C10H19O8P2-3. The van der Waals surface area contributed by atoms with E-state index in [1.165, 1.54) is 6.08 Å². The van der Waals surface area contributed by atoms with E-state index in [1.807, 2.05) is 13.8 Å². The molecular weight excluding hydrogens is 310 g/mol. The molecule has 0 aromatic rings. The first-order valence-electron chi connectivity index (χ1n) is 5.46. The number of aliphatic hydroxyl groups excluding tert-OH is 1. The van der Waals surface area contributed by atoms with E-state index in [2.05, 4.69) is 8.83 Å². The summed E-state index contributed by atoms with van der Waals surface area (Å²) in [6, 6.07) is 0. The third-order valence-electron chi connectivity index (χ3n) is 1.42.